The minimum atomic E-state index is -4.18. The van der Waals surface area contributed by atoms with Crippen molar-refractivity contribution >= 4 is 0 Å². The quantitative estimate of drug-likeness (QED) is 0.551. The predicted molar refractivity (Wildman–Crippen MR) is 63.6 cm³/mol. The lowest BCUT2D eigenvalue weighted by Crippen LogP contribution is -2.30. The van der Waals surface area contributed by atoms with Crippen molar-refractivity contribution in [3.63, 3.8) is 0 Å². The summed E-state index contributed by atoms with van der Waals surface area (Å²) >= 11 is 0. The first-order valence-electron chi connectivity index (χ1n) is 6.43. The van der Waals surface area contributed by atoms with Crippen molar-refractivity contribution in [3.8, 4) is 18.4 Å². The number of alkyl halides is 4. The molecule has 1 saturated carbocycles. The van der Waals surface area contributed by atoms with Crippen LogP contribution in [0.5, 0.6) is 0 Å². The van der Waals surface area contributed by atoms with Crippen molar-refractivity contribution in [3.05, 3.63) is 0 Å². The molecular formula is C14H17F4N. The summed E-state index contributed by atoms with van der Waals surface area (Å²) in [6.45, 7) is 0. The summed E-state index contributed by atoms with van der Waals surface area (Å²) in [5.41, 5.74) is -1.59. The molecule has 0 aliphatic heterocycles. The van der Waals surface area contributed by atoms with Gasteiger partial charge in [0, 0.05) is 12.3 Å². The molecule has 1 atom stereocenters. The topological polar surface area (TPSA) is 23.8 Å². The fraction of sp³-hybridized carbons (Fsp3) is 0.786. The third-order valence-corrected chi connectivity index (χ3v) is 3.79. The number of hydrogen-bond acceptors (Lipinski definition) is 1. The van der Waals surface area contributed by atoms with E-state index in [0.29, 0.717) is 12.8 Å². The van der Waals surface area contributed by atoms with Crippen LogP contribution in [0.1, 0.15) is 44.9 Å². The number of halogens is 4. The Morgan fingerprint density at radius 2 is 1.89 bits per heavy atom. The molecule has 0 aromatic rings. The Hall–Kier alpha value is -1.23. The first kappa shape index (κ1) is 15.8. The van der Waals surface area contributed by atoms with Crippen LogP contribution >= 0.6 is 0 Å². The van der Waals surface area contributed by atoms with Crippen LogP contribution in [0.15, 0.2) is 0 Å². The van der Waals surface area contributed by atoms with E-state index in [0.717, 1.165) is 0 Å². The molecule has 0 aromatic carbocycles. The van der Waals surface area contributed by atoms with Gasteiger partial charge in [0.1, 0.15) is 0 Å². The van der Waals surface area contributed by atoms with Gasteiger partial charge in [-0.3, -0.25) is 0 Å². The van der Waals surface area contributed by atoms with Crippen molar-refractivity contribution in [2.24, 2.45) is 11.8 Å². The summed E-state index contributed by atoms with van der Waals surface area (Å²) in [5.74, 6) is 1.66. The Morgan fingerprint density at radius 3 is 2.32 bits per heavy atom. The third-order valence-electron chi connectivity index (χ3n) is 3.79. The van der Waals surface area contributed by atoms with Gasteiger partial charge in [0.15, 0.2) is 5.67 Å². The number of terminal acetylenes is 1. The van der Waals surface area contributed by atoms with Gasteiger partial charge in [0.2, 0.25) is 0 Å². The molecule has 1 rings (SSSR count). The van der Waals surface area contributed by atoms with E-state index < -0.39 is 24.2 Å². The highest BCUT2D eigenvalue weighted by molar-refractivity contribution is 5.10. The normalized spacial score (nSPS) is 29.3. The molecule has 0 radical (unpaired) electrons. The largest absolute Gasteiger partial charge is 0.389 e. The molecule has 1 nitrogen and oxygen atoms in total. The smallest absolute Gasteiger partial charge is 0.230 e. The van der Waals surface area contributed by atoms with Gasteiger partial charge in [-0.1, -0.05) is 5.92 Å². The van der Waals surface area contributed by atoms with E-state index in [2.05, 4.69) is 12.0 Å². The van der Waals surface area contributed by atoms with Gasteiger partial charge in [-0.05, 0) is 44.4 Å². The highest BCUT2D eigenvalue weighted by atomic mass is 19.4. The fourth-order valence-corrected chi connectivity index (χ4v) is 2.57. The van der Waals surface area contributed by atoms with Crippen molar-refractivity contribution in [2.45, 2.75) is 56.8 Å². The maximum absolute atomic E-state index is 13.8. The minimum absolute atomic E-state index is 0.0320. The van der Waals surface area contributed by atoms with E-state index in [4.69, 9.17) is 11.7 Å². The summed E-state index contributed by atoms with van der Waals surface area (Å²) in [7, 11) is 0. The van der Waals surface area contributed by atoms with Crippen LogP contribution in [0.4, 0.5) is 17.6 Å². The minimum Gasteiger partial charge on any atom is -0.230 e. The van der Waals surface area contributed by atoms with Crippen molar-refractivity contribution in [1.29, 1.82) is 5.26 Å². The Bertz CT molecular complexity index is 366. The second-order valence-corrected chi connectivity index (χ2v) is 5.19. The first-order chi connectivity index (χ1) is 8.79. The molecule has 1 unspecified atom stereocenters. The Kier molecular flexibility index (Phi) is 5.23. The number of hydrogen-bond donors (Lipinski definition) is 0. The van der Waals surface area contributed by atoms with Crippen LogP contribution in [0.2, 0.25) is 0 Å². The summed E-state index contributed by atoms with van der Waals surface area (Å²) in [6.07, 6.45) is 1.59. The van der Waals surface area contributed by atoms with E-state index in [1.807, 2.05) is 0 Å². The standard InChI is InChI=1S/C14H17F4N/c1-2-13(15)8-5-11(6-9-13)12(10-19)4-3-7-14(16,17)18/h1,11-12H,3-9H2. The van der Waals surface area contributed by atoms with Crippen LogP contribution in [-0.2, 0) is 0 Å². The second-order valence-electron chi connectivity index (χ2n) is 5.19. The molecule has 0 saturated heterocycles. The first-order valence-corrected chi connectivity index (χ1v) is 6.43. The Labute approximate surface area is 111 Å². The molecule has 1 aliphatic rings. The Morgan fingerprint density at radius 1 is 1.32 bits per heavy atom. The van der Waals surface area contributed by atoms with Crippen molar-refractivity contribution in [2.75, 3.05) is 0 Å². The SMILES string of the molecule is C#CC1(F)CCC(C(C#N)CCCC(F)(F)F)CC1. The number of nitrogens with zero attached hydrogens (tertiary/aromatic N) is 1. The van der Waals surface area contributed by atoms with E-state index in [1.165, 1.54) is 0 Å². The van der Waals surface area contributed by atoms with Gasteiger partial charge in [-0.25, -0.2) is 4.39 Å². The molecular weight excluding hydrogens is 258 g/mol. The van der Waals surface area contributed by atoms with Gasteiger partial charge in [0.25, 0.3) is 0 Å². The van der Waals surface area contributed by atoms with Gasteiger partial charge < -0.3 is 0 Å². The molecule has 0 N–H and O–H groups in total. The molecule has 1 aliphatic carbocycles. The predicted octanol–water partition coefficient (Wildman–Crippen LogP) is 4.39. The van der Waals surface area contributed by atoms with Gasteiger partial charge in [-0.15, -0.1) is 6.42 Å². The lowest BCUT2D eigenvalue weighted by molar-refractivity contribution is -0.136. The summed E-state index contributed by atoms with van der Waals surface area (Å²) in [6, 6.07) is 2.06. The van der Waals surface area contributed by atoms with Gasteiger partial charge >= 0.3 is 6.18 Å². The summed E-state index contributed by atoms with van der Waals surface area (Å²) in [5, 5.41) is 9.03. The molecule has 0 aromatic heterocycles. The molecule has 0 heterocycles. The zero-order valence-electron chi connectivity index (χ0n) is 10.6. The van der Waals surface area contributed by atoms with Gasteiger partial charge in [-0.2, -0.15) is 18.4 Å². The monoisotopic (exact) mass is 275 g/mol. The fourth-order valence-electron chi connectivity index (χ4n) is 2.57. The molecule has 1 fully saturated rings. The van der Waals surface area contributed by atoms with Crippen LogP contribution < -0.4 is 0 Å². The highest BCUT2D eigenvalue weighted by Crippen LogP contribution is 2.39. The summed E-state index contributed by atoms with van der Waals surface area (Å²) in [4.78, 5) is 0. The molecule has 5 heteroatoms. The zero-order valence-corrected chi connectivity index (χ0v) is 10.6. The lowest BCUT2D eigenvalue weighted by Gasteiger charge is -2.32. The molecule has 106 valence electrons. The van der Waals surface area contributed by atoms with E-state index >= 15 is 0 Å². The van der Waals surface area contributed by atoms with Crippen LogP contribution in [0.25, 0.3) is 0 Å². The van der Waals surface area contributed by atoms with Crippen LogP contribution in [0, 0.1) is 35.5 Å². The molecule has 0 spiro atoms. The second kappa shape index (κ2) is 6.28. The molecule has 0 bridgehead atoms. The van der Waals surface area contributed by atoms with Crippen LogP contribution in [0.3, 0.4) is 0 Å². The highest BCUT2D eigenvalue weighted by Gasteiger charge is 2.36. The number of rotatable bonds is 4. The molecule has 19 heavy (non-hydrogen) atoms. The zero-order chi connectivity index (χ0) is 14.5. The molecule has 0 amide bonds. The van der Waals surface area contributed by atoms with E-state index in [1.54, 1.807) is 0 Å². The number of nitriles is 1. The van der Waals surface area contributed by atoms with Gasteiger partial charge in [0.05, 0.1) is 6.07 Å². The average molecular weight is 275 g/mol. The summed E-state index contributed by atoms with van der Waals surface area (Å²) < 4.78 is 49.9. The van der Waals surface area contributed by atoms with E-state index in [9.17, 15) is 17.6 Å². The lowest BCUT2D eigenvalue weighted by atomic mass is 9.74. The maximum Gasteiger partial charge on any atom is 0.389 e. The van der Waals surface area contributed by atoms with Crippen molar-refractivity contribution < 1.29 is 17.6 Å². The van der Waals surface area contributed by atoms with Crippen molar-refractivity contribution in [1.82, 2.24) is 0 Å². The average Bonchev–Trinajstić information content (AvgIpc) is 2.35. The van der Waals surface area contributed by atoms with Crippen LogP contribution in [-0.4, -0.2) is 11.8 Å². The Balaban J connectivity index is 2.42. The maximum atomic E-state index is 13.8. The third kappa shape index (κ3) is 5.11. The van der Waals surface area contributed by atoms with E-state index in [-0.39, 0.29) is 31.6 Å².